The molecule has 1 aliphatic carbocycles. The number of fused-ring (bicyclic) bond motifs is 1. The van der Waals surface area contributed by atoms with Crippen molar-refractivity contribution in [2.24, 2.45) is 5.73 Å². The maximum absolute atomic E-state index is 6.32. The first kappa shape index (κ1) is 12.3. The van der Waals surface area contributed by atoms with Gasteiger partial charge in [-0.25, -0.2) is 4.98 Å². The fourth-order valence-electron chi connectivity index (χ4n) is 2.29. The molecule has 1 aromatic carbocycles. The molecule has 0 saturated carbocycles. The Bertz CT molecular complexity index is 570. The summed E-state index contributed by atoms with van der Waals surface area (Å²) in [7, 11) is 0. The van der Waals surface area contributed by atoms with Crippen LogP contribution in [0.25, 0.3) is 0 Å². The van der Waals surface area contributed by atoms with Crippen molar-refractivity contribution in [2.75, 3.05) is 0 Å². The molecule has 2 nitrogen and oxygen atoms in total. The van der Waals surface area contributed by atoms with E-state index in [1.54, 1.807) is 11.3 Å². The van der Waals surface area contributed by atoms with Gasteiger partial charge in [-0.3, -0.25) is 0 Å². The zero-order valence-electron chi connectivity index (χ0n) is 10.2. The van der Waals surface area contributed by atoms with E-state index in [0.717, 1.165) is 21.5 Å². The minimum atomic E-state index is -0.0995. The molecule has 0 radical (unpaired) electrons. The molecule has 0 spiro atoms. The first-order chi connectivity index (χ1) is 8.65. The van der Waals surface area contributed by atoms with Crippen LogP contribution in [0.3, 0.4) is 0 Å². The van der Waals surface area contributed by atoms with Gasteiger partial charge in [0.15, 0.2) is 0 Å². The van der Waals surface area contributed by atoms with Crippen molar-refractivity contribution in [2.45, 2.75) is 32.2 Å². The minimum Gasteiger partial charge on any atom is -0.318 e. The molecule has 0 bridgehead atoms. The number of halogens is 1. The first-order valence-corrected chi connectivity index (χ1v) is 7.76. The monoisotopic (exact) mass is 322 g/mol. The van der Waals surface area contributed by atoms with Crippen LogP contribution in [0.2, 0.25) is 0 Å². The fraction of sp³-hybridized carbons (Fsp3) is 0.357. The summed E-state index contributed by atoms with van der Waals surface area (Å²) in [6.07, 6.45) is 3.55. The Kier molecular flexibility index (Phi) is 3.26. The number of nitrogens with zero attached hydrogens (tertiary/aromatic N) is 1. The van der Waals surface area contributed by atoms with Crippen molar-refractivity contribution >= 4 is 27.3 Å². The highest BCUT2D eigenvalue weighted by Gasteiger charge is 2.21. The Morgan fingerprint density at radius 1 is 1.39 bits per heavy atom. The van der Waals surface area contributed by atoms with Gasteiger partial charge in [-0.2, -0.15) is 0 Å². The molecule has 1 heterocycles. The summed E-state index contributed by atoms with van der Waals surface area (Å²) in [6, 6.07) is 6.20. The van der Waals surface area contributed by atoms with Gasteiger partial charge in [0.1, 0.15) is 5.01 Å². The Labute approximate surface area is 119 Å². The second-order valence-corrected chi connectivity index (χ2v) is 6.73. The average Bonchev–Trinajstić information content (AvgIpc) is 2.92. The maximum Gasteiger partial charge on any atom is 0.114 e. The molecule has 0 amide bonds. The Balaban J connectivity index is 1.93. The van der Waals surface area contributed by atoms with E-state index in [1.807, 2.05) is 0 Å². The van der Waals surface area contributed by atoms with Gasteiger partial charge in [0, 0.05) is 9.35 Å². The number of aryl methyl sites for hydroxylation is 3. The minimum absolute atomic E-state index is 0.0995. The Hall–Kier alpha value is -0.710. The molecule has 2 N–H and O–H groups in total. The number of hydrogen-bond acceptors (Lipinski definition) is 3. The summed E-state index contributed by atoms with van der Waals surface area (Å²) in [5, 5.41) is 1.05. The van der Waals surface area contributed by atoms with Crippen LogP contribution < -0.4 is 5.73 Å². The molecule has 3 rings (SSSR count). The Morgan fingerprint density at radius 3 is 2.94 bits per heavy atom. The van der Waals surface area contributed by atoms with Crippen LogP contribution in [0.1, 0.15) is 39.2 Å². The molecule has 0 saturated heterocycles. The maximum atomic E-state index is 6.32. The summed E-state index contributed by atoms with van der Waals surface area (Å²) in [5.41, 5.74) is 9.95. The van der Waals surface area contributed by atoms with E-state index in [-0.39, 0.29) is 6.04 Å². The number of nitrogens with two attached hydrogens (primary N) is 1. The molecule has 1 aromatic heterocycles. The lowest BCUT2D eigenvalue weighted by Gasteiger charge is -2.10. The largest absolute Gasteiger partial charge is 0.318 e. The van der Waals surface area contributed by atoms with Gasteiger partial charge in [0.05, 0.1) is 11.7 Å². The van der Waals surface area contributed by atoms with Gasteiger partial charge < -0.3 is 5.73 Å². The molecule has 4 heteroatoms. The van der Waals surface area contributed by atoms with Crippen LogP contribution >= 0.6 is 27.3 Å². The van der Waals surface area contributed by atoms with Crippen LogP contribution in [0, 0.1) is 6.92 Å². The quantitative estimate of drug-likeness (QED) is 0.914. The van der Waals surface area contributed by atoms with Crippen LogP contribution in [-0.4, -0.2) is 4.98 Å². The highest BCUT2D eigenvalue weighted by atomic mass is 79.9. The Morgan fingerprint density at radius 2 is 2.22 bits per heavy atom. The molecule has 0 aliphatic heterocycles. The van der Waals surface area contributed by atoms with Crippen molar-refractivity contribution < 1.29 is 0 Å². The lowest BCUT2D eigenvalue weighted by molar-refractivity contribution is 0.833. The number of aromatic nitrogens is 1. The van der Waals surface area contributed by atoms with E-state index < -0.39 is 0 Å². The van der Waals surface area contributed by atoms with Crippen molar-refractivity contribution in [3.8, 4) is 0 Å². The van der Waals surface area contributed by atoms with E-state index in [1.165, 1.54) is 29.0 Å². The molecular formula is C14H15BrN2S. The molecular weight excluding hydrogens is 308 g/mol. The second-order valence-electron chi connectivity index (χ2n) is 4.76. The van der Waals surface area contributed by atoms with Crippen LogP contribution in [0.15, 0.2) is 22.7 Å². The van der Waals surface area contributed by atoms with Gasteiger partial charge in [0.2, 0.25) is 0 Å². The standard InChI is InChI=1S/C14H15BrN2S/c1-8-5-6-9(7-10(8)15)13(16)14-17-11-3-2-4-12(11)18-14/h5-7,13H,2-4,16H2,1H3. The topological polar surface area (TPSA) is 38.9 Å². The number of rotatable bonds is 2. The van der Waals surface area contributed by atoms with Crippen LogP contribution in [0.4, 0.5) is 0 Å². The third kappa shape index (κ3) is 2.13. The van der Waals surface area contributed by atoms with Gasteiger partial charge in [-0.15, -0.1) is 11.3 Å². The van der Waals surface area contributed by atoms with E-state index in [9.17, 15) is 0 Å². The summed E-state index contributed by atoms with van der Waals surface area (Å²) in [5.74, 6) is 0. The third-order valence-corrected chi connectivity index (χ3v) is 5.53. The molecule has 0 fully saturated rings. The second kappa shape index (κ2) is 4.76. The SMILES string of the molecule is Cc1ccc(C(N)c2nc3c(s2)CCC3)cc1Br. The number of benzene rings is 1. The molecule has 2 aromatic rings. The van der Waals surface area contributed by atoms with E-state index in [0.29, 0.717) is 0 Å². The highest BCUT2D eigenvalue weighted by molar-refractivity contribution is 9.10. The predicted molar refractivity (Wildman–Crippen MR) is 79.0 cm³/mol. The smallest absolute Gasteiger partial charge is 0.114 e. The summed E-state index contributed by atoms with van der Waals surface area (Å²) < 4.78 is 1.11. The van der Waals surface area contributed by atoms with Crippen molar-refractivity contribution in [3.05, 3.63) is 49.4 Å². The van der Waals surface area contributed by atoms with E-state index in [4.69, 9.17) is 10.7 Å². The third-order valence-electron chi connectivity index (χ3n) is 3.43. The van der Waals surface area contributed by atoms with Gasteiger partial charge in [-0.05, 0) is 43.4 Å². The van der Waals surface area contributed by atoms with Crippen LogP contribution in [0.5, 0.6) is 0 Å². The lowest BCUT2D eigenvalue weighted by Crippen LogP contribution is -2.11. The summed E-state index contributed by atoms with van der Waals surface area (Å²) in [4.78, 5) is 6.13. The lowest BCUT2D eigenvalue weighted by atomic mass is 10.1. The van der Waals surface area contributed by atoms with Crippen molar-refractivity contribution in [1.29, 1.82) is 0 Å². The predicted octanol–water partition coefficient (Wildman–Crippen LogP) is 3.75. The molecule has 94 valence electrons. The molecule has 1 unspecified atom stereocenters. The molecule has 1 atom stereocenters. The van der Waals surface area contributed by atoms with Crippen LogP contribution in [-0.2, 0) is 12.8 Å². The van der Waals surface area contributed by atoms with Crippen molar-refractivity contribution in [3.63, 3.8) is 0 Å². The van der Waals surface area contributed by atoms with E-state index in [2.05, 4.69) is 41.1 Å². The zero-order valence-corrected chi connectivity index (χ0v) is 12.6. The summed E-state index contributed by atoms with van der Waals surface area (Å²) in [6.45, 7) is 2.08. The first-order valence-electron chi connectivity index (χ1n) is 6.15. The number of thiazole rings is 1. The summed E-state index contributed by atoms with van der Waals surface area (Å²) >= 11 is 5.34. The van der Waals surface area contributed by atoms with Gasteiger partial charge >= 0.3 is 0 Å². The molecule has 18 heavy (non-hydrogen) atoms. The normalized spacial score (nSPS) is 15.7. The van der Waals surface area contributed by atoms with Gasteiger partial charge in [-0.1, -0.05) is 28.1 Å². The van der Waals surface area contributed by atoms with E-state index >= 15 is 0 Å². The zero-order chi connectivity index (χ0) is 12.7. The average molecular weight is 323 g/mol. The molecule has 1 aliphatic rings. The van der Waals surface area contributed by atoms with Crippen molar-refractivity contribution in [1.82, 2.24) is 4.98 Å². The highest BCUT2D eigenvalue weighted by Crippen LogP contribution is 2.33. The fourth-order valence-corrected chi connectivity index (χ4v) is 3.87. The van der Waals surface area contributed by atoms with Gasteiger partial charge in [0.25, 0.3) is 0 Å². The number of hydrogen-bond donors (Lipinski definition) is 1.